The Bertz CT molecular complexity index is 679. The van der Waals surface area contributed by atoms with Crippen molar-refractivity contribution in [3.63, 3.8) is 0 Å². The van der Waals surface area contributed by atoms with Crippen LogP contribution in [0.3, 0.4) is 0 Å². The summed E-state index contributed by atoms with van der Waals surface area (Å²) in [4.78, 5) is 0. The van der Waals surface area contributed by atoms with E-state index >= 15 is 0 Å². The van der Waals surface area contributed by atoms with E-state index in [0.29, 0.717) is 0 Å². The zero-order chi connectivity index (χ0) is 13.4. The Morgan fingerprint density at radius 3 is 2.53 bits per heavy atom. The van der Waals surface area contributed by atoms with Crippen LogP contribution >= 0.6 is 15.9 Å². The van der Waals surface area contributed by atoms with Gasteiger partial charge in [-0.15, -0.1) is 6.58 Å². The minimum absolute atomic E-state index is 0.0462. The first-order valence-corrected chi connectivity index (χ1v) is 7.13. The molecule has 2 aromatic rings. The van der Waals surface area contributed by atoms with Crippen LogP contribution in [-0.2, 0) is 4.74 Å². The van der Waals surface area contributed by atoms with Crippen LogP contribution in [0.15, 0.2) is 49.1 Å². The smallest absolute Gasteiger partial charge is 0.0872 e. The summed E-state index contributed by atoms with van der Waals surface area (Å²) < 4.78 is 6.79. The molecule has 2 aromatic carbocycles. The van der Waals surface area contributed by atoms with Crippen molar-refractivity contribution in [1.82, 2.24) is 0 Å². The molecule has 1 aliphatic rings. The lowest BCUT2D eigenvalue weighted by molar-refractivity contribution is 0.152. The van der Waals surface area contributed by atoms with E-state index in [0.717, 1.165) is 10.9 Å². The molecule has 0 saturated carbocycles. The van der Waals surface area contributed by atoms with E-state index in [-0.39, 0.29) is 6.10 Å². The second-order valence-corrected chi connectivity index (χ2v) is 5.48. The highest BCUT2D eigenvalue weighted by molar-refractivity contribution is 9.15. The van der Waals surface area contributed by atoms with Gasteiger partial charge in [-0.25, -0.2) is 0 Å². The molecule has 0 heterocycles. The molecule has 1 atom stereocenters. The fraction of sp³-hybridized carbons (Fsp3) is 0.176. The highest BCUT2D eigenvalue weighted by Crippen LogP contribution is 2.47. The van der Waals surface area contributed by atoms with Crippen molar-refractivity contribution in [2.45, 2.75) is 12.5 Å². The Morgan fingerprint density at radius 1 is 1.21 bits per heavy atom. The molecule has 0 amide bonds. The fourth-order valence-corrected chi connectivity index (χ4v) is 3.61. The Morgan fingerprint density at radius 2 is 1.89 bits per heavy atom. The van der Waals surface area contributed by atoms with E-state index < -0.39 is 0 Å². The van der Waals surface area contributed by atoms with Gasteiger partial charge >= 0.3 is 0 Å². The predicted molar refractivity (Wildman–Crippen MR) is 85.3 cm³/mol. The summed E-state index contributed by atoms with van der Waals surface area (Å²) in [5.41, 5.74) is 3.76. The number of benzene rings is 2. The lowest BCUT2D eigenvalue weighted by Gasteiger charge is -2.17. The molecular weight excluding hydrogens is 300 g/mol. The van der Waals surface area contributed by atoms with Crippen molar-refractivity contribution in [2.24, 2.45) is 0 Å². The van der Waals surface area contributed by atoms with Crippen LogP contribution in [0.5, 0.6) is 0 Å². The number of rotatable bonds is 4. The van der Waals surface area contributed by atoms with Gasteiger partial charge in [0.25, 0.3) is 0 Å². The van der Waals surface area contributed by atoms with Crippen LogP contribution < -0.4 is 0 Å². The number of ether oxygens (including phenoxy) is 1. The van der Waals surface area contributed by atoms with Gasteiger partial charge in [-0.3, -0.25) is 0 Å². The topological polar surface area (TPSA) is 9.23 Å². The molecule has 0 saturated heterocycles. The molecule has 96 valence electrons. The second kappa shape index (κ2) is 4.95. The number of hydrogen-bond acceptors (Lipinski definition) is 1. The molecule has 0 spiro atoms. The monoisotopic (exact) mass is 314 g/mol. The summed E-state index contributed by atoms with van der Waals surface area (Å²) in [6, 6.07) is 12.8. The summed E-state index contributed by atoms with van der Waals surface area (Å²) in [5.74, 6) is 0. The van der Waals surface area contributed by atoms with Crippen molar-refractivity contribution in [3.8, 4) is 0 Å². The van der Waals surface area contributed by atoms with Gasteiger partial charge < -0.3 is 4.74 Å². The molecule has 1 nitrogen and oxygen atoms in total. The van der Waals surface area contributed by atoms with Gasteiger partial charge in [0.15, 0.2) is 0 Å². The van der Waals surface area contributed by atoms with Gasteiger partial charge in [0.2, 0.25) is 0 Å². The van der Waals surface area contributed by atoms with Gasteiger partial charge in [0.05, 0.1) is 6.10 Å². The lowest BCUT2D eigenvalue weighted by Crippen LogP contribution is -2.11. The Kier molecular flexibility index (Phi) is 3.29. The molecule has 0 aliphatic heterocycles. The molecular formula is C17H15BrO. The minimum Gasteiger partial charge on any atom is -0.376 e. The molecule has 3 rings (SSSR count). The summed E-state index contributed by atoms with van der Waals surface area (Å²) in [5, 5.41) is 2.59. The molecule has 0 N–H and O–H groups in total. The van der Waals surface area contributed by atoms with Crippen molar-refractivity contribution >= 4 is 36.8 Å². The highest BCUT2D eigenvalue weighted by atomic mass is 79.9. The molecule has 0 fully saturated rings. The highest BCUT2D eigenvalue weighted by Gasteiger charge is 2.27. The number of methoxy groups -OCH3 is 1. The van der Waals surface area contributed by atoms with E-state index in [1.54, 1.807) is 7.11 Å². The van der Waals surface area contributed by atoms with Crippen LogP contribution in [0.2, 0.25) is 0 Å². The first-order valence-electron chi connectivity index (χ1n) is 6.33. The van der Waals surface area contributed by atoms with Crippen LogP contribution in [0.4, 0.5) is 0 Å². The summed E-state index contributed by atoms with van der Waals surface area (Å²) in [7, 11) is 1.75. The molecule has 2 heteroatoms. The first-order chi connectivity index (χ1) is 9.27. The Hall–Kier alpha value is -1.38. The average Bonchev–Trinajstić information content (AvgIpc) is 2.72. The van der Waals surface area contributed by atoms with E-state index in [9.17, 15) is 0 Å². The SMILES string of the molecule is C=CCC(OC)C1=C(Br)c2cccc3cccc1c23. The van der Waals surface area contributed by atoms with Crippen LogP contribution in [0.25, 0.3) is 20.8 Å². The first kappa shape index (κ1) is 12.6. The lowest BCUT2D eigenvalue weighted by atomic mass is 9.98. The zero-order valence-electron chi connectivity index (χ0n) is 10.8. The molecule has 19 heavy (non-hydrogen) atoms. The van der Waals surface area contributed by atoms with Gasteiger partial charge in [0, 0.05) is 17.2 Å². The molecule has 0 radical (unpaired) electrons. The second-order valence-electron chi connectivity index (χ2n) is 4.69. The maximum absolute atomic E-state index is 5.65. The van der Waals surface area contributed by atoms with Gasteiger partial charge in [0.1, 0.15) is 0 Å². The minimum atomic E-state index is 0.0462. The van der Waals surface area contributed by atoms with E-state index in [1.807, 2.05) is 6.08 Å². The third-order valence-electron chi connectivity index (χ3n) is 3.66. The third kappa shape index (κ3) is 1.87. The van der Waals surface area contributed by atoms with Crippen LogP contribution in [0, 0.1) is 0 Å². The third-order valence-corrected chi connectivity index (χ3v) is 4.51. The average molecular weight is 315 g/mol. The summed E-state index contributed by atoms with van der Waals surface area (Å²) in [6.07, 6.45) is 2.76. The largest absolute Gasteiger partial charge is 0.376 e. The molecule has 1 aliphatic carbocycles. The maximum Gasteiger partial charge on any atom is 0.0872 e. The van der Waals surface area contributed by atoms with Crippen molar-refractivity contribution in [2.75, 3.05) is 7.11 Å². The van der Waals surface area contributed by atoms with Crippen molar-refractivity contribution in [3.05, 3.63) is 60.2 Å². The van der Waals surface area contributed by atoms with E-state index in [4.69, 9.17) is 4.74 Å². The van der Waals surface area contributed by atoms with Crippen molar-refractivity contribution in [1.29, 1.82) is 0 Å². The van der Waals surface area contributed by atoms with Gasteiger partial charge in [-0.1, -0.05) is 42.5 Å². The summed E-state index contributed by atoms with van der Waals surface area (Å²) >= 11 is 3.75. The zero-order valence-corrected chi connectivity index (χ0v) is 12.4. The number of halogens is 1. The van der Waals surface area contributed by atoms with Gasteiger partial charge in [-0.05, 0) is 44.3 Å². The Labute approximate surface area is 121 Å². The van der Waals surface area contributed by atoms with Crippen LogP contribution in [-0.4, -0.2) is 13.2 Å². The van der Waals surface area contributed by atoms with Crippen LogP contribution in [0.1, 0.15) is 17.5 Å². The molecule has 0 aromatic heterocycles. The van der Waals surface area contributed by atoms with E-state index in [2.05, 4.69) is 58.9 Å². The quantitative estimate of drug-likeness (QED) is 0.721. The normalized spacial score (nSPS) is 15.1. The van der Waals surface area contributed by atoms with E-state index in [1.165, 1.54) is 27.5 Å². The maximum atomic E-state index is 5.65. The standard InChI is InChI=1S/C17H15BrO/c1-3-6-14(19-2)16-12-9-4-7-11-8-5-10-13(15(11)12)17(16)18/h3-5,7-10,14H,1,6H2,2H3. The molecule has 1 unspecified atom stereocenters. The predicted octanol–water partition coefficient (Wildman–Crippen LogP) is 5.01. The molecule has 0 bridgehead atoms. The fourth-order valence-electron chi connectivity index (χ4n) is 2.81. The number of hydrogen-bond donors (Lipinski definition) is 0. The van der Waals surface area contributed by atoms with Gasteiger partial charge in [-0.2, -0.15) is 0 Å². The summed E-state index contributed by atoms with van der Waals surface area (Å²) in [6.45, 7) is 3.83. The van der Waals surface area contributed by atoms with Crippen molar-refractivity contribution < 1.29 is 4.74 Å². The Balaban J connectivity index is 2.26.